The minimum Gasteiger partial charge on any atom is -0.466 e. The molecule has 1 aromatic carbocycles. The molecule has 0 aromatic heterocycles. The predicted octanol–water partition coefficient (Wildman–Crippen LogP) is 3.71. The Balaban J connectivity index is 2.50. The first-order chi connectivity index (χ1) is 8.04. The Morgan fingerprint density at radius 2 is 2.29 bits per heavy atom. The highest BCUT2D eigenvalue weighted by atomic mass is 79.9. The van der Waals surface area contributed by atoms with E-state index < -0.39 is 0 Å². The Morgan fingerprint density at radius 1 is 1.59 bits per heavy atom. The van der Waals surface area contributed by atoms with Gasteiger partial charge in [-0.25, -0.2) is 0 Å². The Kier molecular flexibility index (Phi) is 5.78. The molecule has 1 atom stereocenters. The van der Waals surface area contributed by atoms with Crippen LogP contribution in [0.1, 0.15) is 13.8 Å². The van der Waals surface area contributed by atoms with Crippen molar-refractivity contribution >= 4 is 39.2 Å². The first-order valence-corrected chi connectivity index (χ1v) is 6.57. The van der Waals surface area contributed by atoms with Gasteiger partial charge >= 0.3 is 5.97 Å². The summed E-state index contributed by atoms with van der Waals surface area (Å²) >= 11 is 9.28. The van der Waals surface area contributed by atoms with Gasteiger partial charge < -0.3 is 10.1 Å². The van der Waals surface area contributed by atoms with Crippen molar-refractivity contribution < 1.29 is 9.53 Å². The third kappa shape index (κ3) is 4.56. The molecule has 0 fully saturated rings. The van der Waals surface area contributed by atoms with Crippen LogP contribution in [0.25, 0.3) is 0 Å². The minimum absolute atomic E-state index is 0.183. The molecule has 0 radical (unpaired) electrons. The normalized spacial score (nSPS) is 12.0. The Labute approximate surface area is 115 Å². The van der Waals surface area contributed by atoms with E-state index >= 15 is 0 Å². The zero-order valence-corrected chi connectivity index (χ0v) is 12.1. The van der Waals surface area contributed by atoms with Gasteiger partial charge in [0.2, 0.25) is 0 Å². The number of hydrogen-bond acceptors (Lipinski definition) is 3. The van der Waals surface area contributed by atoms with Crippen LogP contribution in [0.3, 0.4) is 0 Å². The van der Waals surface area contributed by atoms with Crippen molar-refractivity contribution in [2.45, 2.75) is 13.8 Å². The van der Waals surface area contributed by atoms with Crippen LogP contribution in [0.5, 0.6) is 0 Å². The SMILES string of the molecule is CCOC(=O)C(C)CNc1ccc(Br)c(Cl)c1. The van der Waals surface area contributed by atoms with E-state index in [0.717, 1.165) is 10.2 Å². The second kappa shape index (κ2) is 6.87. The number of rotatable bonds is 5. The van der Waals surface area contributed by atoms with Crippen molar-refractivity contribution in [3.63, 3.8) is 0 Å². The van der Waals surface area contributed by atoms with Gasteiger partial charge in [0.1, 0.15) is 0 Å². The molecule has 1 N–H and O–H groups in total. The number of nitrogens with one attached hydrogen (secondary N) is 1. The molecule has 1 unspecified atom stereocenters. The highest BCUT2D eigenvalue weighted by Crippen LogP contribution is 2.25. The van der Waals surface area contributed by atoms with Crippen LogP contribution in [-0.4, -0.2) is 19.1 Å². The van der Waals surface area contributed by atoms with Crippen molar-refractivity contribution in [1.82, 2.24) is 0 Å². The van der Waals surface area contributed by atoms with E-state index in [-0.39, 0.29) is 11.9 Å². The molecule has 0 spiro atoms. The van der Waals surface area contributed by atoms with Crippen molar-refractivity contribution in [3.8, 4) is 0 Å². The maximum atomic E-state index is 11.4. The van der Waals surface area contributed by atoms with Crippen molar-refractivity contribution in [1.29, 1.82) is 0 Å². The molecule has 0 bridgehead atoms. The minimum atomic E-state index is -0.191. The van der Waals surface area contributed by atoms with E-state index in [1.165, 1.54) is 0 Å². The molecular weight excluding hydrogens is 305 g/mol. The van der Waals surface area contributed by atoms with E-state index in [2.05, 4.69) is 21.2 Å². The number of carbonyl (C=O) groups is 1. The topological polar surface area (TPSA) is 38.3 Å². The third-order valence-electron chi connectivity index (χ3n) is 2.22. The largest absolute Gasteiger partial charge is 0.466 e. The molecule has 0 amide bonds. The number of halogens is 2. The van der Waals surface area contributed by atoms with Gasteiger partial charge in [0, 0.05) is 16.7 Å². The second-order valence-corrected chi connectivity index (χ2v) is 4.92. The van der Waals surface area contributed by atoms with Gasteiger partial charge in [0.05, 0.1) is 17.5 Å². The second-order valence-electron chi connectivity index (χ2n) is 3.66. The van der Waals surface area contributed by atoms with Crippen LogP contribution in [0.4, 0.5) is 5.69 Å². The van der Waals surface area contributed by atoms with Gasteiger partial charge in [0.15, 0.2) is 0 Å². The lowest BCUT2D eigenvalue weighted by molar-refractivity contribution is -0.146. The van der Waals surface area contributed by atoms with Crippen LogP contribution in [-0.2, 0) is 9.53 Å². The summed E-state index contributed by atoms with van der Waals surface area (Å²) in [6.45, 7) is 4.56. The third-order valence-corrected chi connectivity index (χ3v) is 3.45. The van der Waals surface area contributed by atoms with Crippen molar-refractivity contribution in [3.05, 3.63) is 27.7 Å². The van der Waals surface area contributed by atoms with Crippen molar-refractivity contribution in [2.24, 2.45) is 5.92 Å². The van der Waals surface area contributed by atoms with Gasteiger partial charge in [-0.3, -0.25) is 4.79 Å². The van der Waals surface area contributed by atoms with E-state index in [9.17, 15) is 4.79 Å². The molecule has 0 aliphatic rings. The number of esters is 1. The molecule has 17 heavy (non-hydrogen) atoms. The number of ether oxygens (including phenoxy) is 1. The predicted molar refractivity (Wildman–Crippen MR) is 73.4 cm³/mol. The quantitative estimate of drug-likeness (QED) is 0.840. The average Bonchev–Trinajstić information content (AvgIpc) is 2.30. The Morgan fingerprint density at radius 3 is 2.88 bits per heavy atom. The summed E-state index contributed by atoms with van der Waals surface area (Å²) < 4.78 is 5.77. The molecule has 0 aliphatic heterocycles. The standard InChI is InChI=1S/C12H15BrClNO2/c1-3-17-12(16)8(2)7-15-9-4-5-10(13)11(14)6-9/h4-6,8,15H,3,7H2,1-2H3. The fourth-order valence-electron chi connectivity index (χ4n) is 1.24. The van der Waals surface area contributed by atoms with E-state index in [0.29, 0.717) is 18.2 Å². The summed E-state index contributed by atoms with van der Waals surface area (Å²) in [7, 11) is 0. The van der Waals surface area contributed by atoms with E-state index in [1.54, 1.807) is 6.92 Å². The van der Waals surface area contributed by atoms with Crippen LogP contribution in [0.15, 0.2) is 22.7 Å². The van der Waals surface area contributed by atoms with Gasteiger partial charge in [-0.05, 0) is 41.1 Å². The van der Waals surface area contributed by atoms with Gasteiger partial charge in [0.25, 0.3) is 0 Å². The maximum absolute atomic E-state index is 11.4. The summed E-state index contributed by atoms with van der Waals surface area (Å²) in [5, 5.41) is 3.78. The van der Waals surface area contributed by atoms with Gasteiger partial charge in [-0.1, -0.05) is 18.5 Å². The molecule has 94 valence electrons. The zero-order chi connectivity index (χ0) is 12.8. The molecule has 3 nitrogen and oxygen atoms in total. The molecular formula is C12H15BrClNO2. The van der Waals surface area contributed by atoms with E-state index in [4.69, 9.17) is 16.3 Å². The molecule has 0 saturated heterocycles. The lowest BCUT2D eigenvalue weighted by Gasteiger charge is -2.12. The van der Waals surface area contributed by atoms with Gasteiger partial charge in [-0.15, -0.1) is 0 Å². The van der Waals surface area contributed by atoms with Crippen LogP contribution in [0, 0.1) is 5.92 Å². The van der Waals surface area contributed by atoms with Crippen LogP contribution in [0.2, 0.25) is 5.02 Å². The van der Waals surface area contributed by atoms with E-state index in [1.807, 2.05) is 25.1 Å². The number of benzene rings is 1. The number of anilines is 1. The fraction of sp³-hybridized carbons (Fsp3) is 0.417. The highest BCUT2D eigenvalue weighted by molar-refractivity contribution is 9.10. The molecule has 5 heteroatoms. The lowest BCUT2D eigenvalue weighted by atomic mass is 10.2. The Bertz CT molecular complexity index is 398. The lowest BCUT2D eigenvalue weighted by Crippen LogP contribution is -2.22. The molecule has 1 aromatic rings. The maximum Gasteiger partial charge on any atom is 0.310 e. The average molecular weight is 321 g/mol. The summed E-state index contributed by atoms with van der Waals surface area (Å²) in [6, 6.07) is 5.57. The Hall–Kier alpha value is -0.740. The molecule has 0 aliphatic carbocycles. The first-order valence-electron chi connectivity index (χ1n) is 5.40. The number of carbonyl (C=O) groups excluding carboxylic acids is 1. The number of hydrogen-bond donors (Lipinski definition) is 1. The summed E-state index contributed by atoms with van der Waals surface area (Å²) in [6.07, 6.45) is 0. The monoisotopic (exact) mass is 319 g/mol. The summed E-state index contributed by atoms with van der Waals surface area (Å²) in [5.74, 6) is -0.374. The van der Waals surface area contributed by atoms with Crippen molar-refractivity contribution in [2.75, 3.05) is 18.5 Å². The van der Waals surface area contributed by atoms with Gasteiger partial charge in [-0.2, -0.15) is 0 Å². The highest BCUT2D eigenvalue weighted by Gasteiger charge is 2.13. The first kappa shape index (κ1) is 14.3. The summed E-state index contributed by atoms with van der Waals surface area (Å²) in [5.41, 5.74) is 0.884. The zero-order valence-electron chi connectivity index (χ0n) is 9.80. The van der Waals surface area contributed by atoms with Crippen LogP contribution >= 0.6 is 27.5 Å². The molecule has 0 heterocycles. The molecule has 1 rings (SSSR count). The smallest absolute Gasteiger partial charge is 0.310 e. The summed E-state index contributed by atoms with van der Waals surface area (Å²) in [4.78, 5) is 11.4. The fourth-order valence-corrected chi connectivity index (χ4v) is 1.67. The molecule has 0 saturated carbocycles. The van der Waals surface area contributed by atoms with Crippen LogP contribution < -0.4 is 5.32 Å².